The molecular weight excluding hydrogens is 336 g/mol. The lowest BCUT2D eigenvalue weighted by atomic mass is 9.82. The van der Waals surface area contributed by atoms with E-state index in [9.17, 15) is 4.79 Å². The van der Waals surface area contributed by atoms with Gasteiger partial charge in [-0.15, -0.1) is 0 Å². The summed E-state index contributed by atoms with van der Waals surface area (Å²) >= 11 is 0. The van der Waals surface area contributed by atoms with E-state index in [1.165, 1.54) is 5.56 Å². The lowest BCUT2D eigenvalue weighted by Crippen LogP contribution is -2.42. The fourth-order valence-corrected chi connectivity index (χ4v) is 4.28. The van der Waals surface area contributed by atoms with Crippen LogP contribution in [0.2, 0.25) is 0 Å². The summed E-state index contributed by atoms with van der Waals surface area (Å²) in [5, 5.41) is 8.20. The van der Waals surface area contributed by atoms with Gasteiger partial charge in [-0.3, -0.25) is 4.79 Å². The molecule has 2 aliphatic heterocycles. The van der Waals surface area contributed by atoms with E-state index in [0.29, 0.717) is 11.0 Å². The number of hydrogen-bond donors (Lipinski definition) is 1. The second kappa shape index (κ2) is 6.39. The van der Waals surface area contributed by atoms with Crippen molar-refractivity contribution in [2.45, 2.75) is 58.5 Å². The molecule has 5 heteroatoms. The molecule has 0 bridgehead atoms. The summed E-state index contributed by atoms with van der Waals surface area (Å²) in [6.07, 6.45) is 4.78. The molecule has 1 saturated heterocycles. The van der Waals surface area contributed by atoms with Crippen LogP contribution in [0.4, 0.5) is 5.82 Å². The molecule has 0 spiro atoms. The second-order valence-electron chi connectivity index (χ2n) is 9.40. The van der Waals surface area contributed by atoms with Crippen molar-refractivity contribution >= 4 is 11.7 Å². The molecular formula is C22H30N4O. The van der Waals surface area contributed by atoms with Crippen LogP contribution in [0.1, 0.15) is 68.9 Å². The predicted octanol–water partition coefficient (Wildman–Crippen LogP) is 4.44. The fraction of sp³-hybridized carbons (Fsp3) is 0.545. The van der Waals surface area contributed by atoms with Crippen LogP contribution in [0.15, 0.2) is 36.5 Å². The smallest absolute Gasteiger partial charge is 0.259 e. The van der Waals surface area contributed by atoms with E-state index in [-0.39, 0.29) is 17.5 Å². The minimum Gasteiger partial charge on any atom is -0.363 e. The first-order chi connectivity index (χ1) is 12.8. The molecule has 1 unspecified atom stereocenters. The summed E-state index contributed by atoms with van der Waals surface area (Å²) in [7, 11) is 0. The van der Waals surface area contributed by atoms with Crippen molar-refractivity contribution in [2.75, 3.05) is 18.4 Å². The minimum absolute atomic E-state index is 0.101. The van der Waals surface area contributed by atoms with E-state index < -0.39 is 0 Å². The maximum Gasteiger partial charge on any atom is 0.259 e. The van der Waals surface area contributed by atoms with E-state index in [1.54, 1.807) is 6.20 Å². The molecule has 27 heavy (non-hydrogen) atoms. The molecule has 3 heterocycles. The molecule has 144 valence electrons. The first-order valence-corrected chi connectivity index (χ1v) is 9.96. The fourth-order valence-electron chi connectivity index (χ4n) is 4.28. The van der Waals surface area contributed by atoms with Crippen LogP contribution < -0.4 is 5.32 Å². The Bertz CT molecular complexity index is 827. The summed E-state index contributed by atoms with van der Waals surface area (Å²) < 4.78 is 1.99. The molecule has 0 radical (unpaired) electrons. The van der Waals surface area contributed by atoms with Gasteiger partial charge in [0, 0.05) is 13.1 Å². The Morgan fingerprint density at radius 2 is 1.78 bits per heavy atom. The molecule has 2 aliphatic rings. The molecule has 1 fully saturated rings. The third-order valence-corrected chi connectivity index (χ3v) is 6.19. The molecule has 1 N–H and O–H groups in total. The van der Waals surface area contributed by atoms with Gasteiger partial charge >= 0.3 is 0 Å². The number of likely N-dealkylation sites (tertiary alicyclic amines) is 1. The number of benzene rings is 1. The Kier molecular flexibility index (Phi) is 4.28. The van der Waals surface area contributed by atoms with Gasteiger partial charge in [-0.25, -0.2) is 4.68 Å². The highest BCUT2D eigenvalue weighted by atomic mass is 16.2. The number of aromatic nitrogens is 2. The lowest BCUT2D eigenvalue weighted by molar-refractivity contribution is 0.0631. The average Bonchev–Trinajstić information content (AvgIpc) is 3.06. The number of hydrogen-bond acceptors (Lipinski definition) is 3. The zero-order valence-corrected chi connectivity index (χ0v) is 16.8. The molecule has 1 amide bonds. The van der Waals surface area contributed by atoms with Crippen LogP contribution in [-0.4, -0.2) is 33.7 Å². The van der Waals surface area contributed by atoms with Crippen LogP contribution in [0.3, 0.4) is 0 Å². The predicted molar refractivity (Wildman–Crippen MR) is 108 cm³/mol. The van der Waals surface area contributed by atoms with Crippen molar-refractivity contribution < 1.29 is 4.79 Å². The zero-order chi connectivity index (χ0) is 19.2. The number of carbonyl (C=O) groups excluding carboxylic acids is 1. The number of nitrogens with zero attached hydrogens (tertiary/aromatic N) is 3. The number of rotatable bonds is 2. The van der Waals surface area contributed by atoms with E-state index in [4.69, 9.17) is 0 Å². The van der Waals surface area contributed by atoms with E-state index in [2.05, 4.69) is 62.4 Å². The maximum atomic E-state index is 13.2. The van der Waals surface area contributed by atoms with Crippen molar-refractivity contribution in [1.82, 2.24) is 14.7 Å². The Morgan fingerprint density at radius 3 is 2.44 bits per heavy atom. The number of amides is 1. The quantitative estimate of drug-likeness (QED) is 0.855. The Labute approximate surface area is 161 Å². The van der Waals surface area contributed by atoms with Gasteiger partial charge in [-0.05, 0) is 44.1 Å². The third kappa shape index (κ3) is 3.35. The van der Waals surface area contributed by atoms with Gasteiger partial charge < -0.3 is 10.2 Å². The van der Waals surface area contributed by atoms with Crippen molar-refractivity contribution in [1.29, 1.82) is 0 Å². The molecule has 5 nitrogen and oxygen atoms in total. The third-order valence-electron chi connectivity index (χ3n) is 6.19. The Balaban J connectivity index is 1.63. The zero-order valence-electron chi connectivity index (χ0n) is 16.8. The minimum atomic E-state index is -0.149. The molecule has 0 aliphatic carbocycles. The number of nitrogens with one attached hydrogen (secondary N) is 1. The highest BCUT2D eigenvalue weighted by Crippen LogP contribution is 2.40. The first-order valence-electron chi connectivity index (χ1n) is 9.96. The maximum absolute atomic E-state index is 13.2. The van der Waals surface area contributed by atoms with Gasteiger partial charge in [0.1, 0.15) is 11.4 Å². The van der Waals surface area contributed by atoms with Crippen LogP contribution in [-0.2, 0) is 5.54 Å². The van der Waals surface area contributed by atoms with E-state index in [1.807, 2.05) is 15.6 Å². The molecule has 4 rings (SSSR count). The molecule has 1 aromatic heterocycles. The van der Waals surface area contributed by atoms with Gasteiger partial charge in [-0.1, -0.05) is 44.2 Å². The summed E-state index contributed by atoms with van der Waals surface area (Å²) in [5.41, 5.74) is 2.12. The molecule has 1 aromatic carbocycles. The summed E-state index contributed by atoms with van der Waals surface area (Å²) in [6.45, 7) is 10.6. The van der Waals surface area contributed by atoms with Crippen LogP contribution in [0.5, 0.6) is 0 Å². The van der Waals surface area contributed by atoms with Crippen LogP contribution in [0.25, 0.3) is 0 Å². The van der Waals surface area contributed by atoms with Crippen molar-refractivity contribution in [2.24, 2.45) is 5.41 Å². The van der Waals surface area contributed by atoms with Crippen molar-refractivity contribution in [3.05, 3.63) is 47.7 Å². The van der Waals surface area contributed by atoms with Gasteiger partial charge in [0.2, 0.25) is 0 Å². The van der Waals surface area contributed by atoms with Crippen molar-refractivity contribution in [3.8, 4) is 0 Å². The SMILES string of the molecule is CC1(C)CCN(C(=O)c2cnn3c2NC(c2ccccc2)CC3(C)C)CC1. The topological polar surface area (TPSA) is 50.2 Å². The monoisotopic (exact) mass is 366 g/mol. The standard InChI is InChI=1S/C22H30N4O/c1-21(2)10-12-25(13-11-21)20(27)17-15-23-26-19(17)24-18(14-22(26,3)4)16-8-6-5-7-9-16/h5-9,15,18,24H,10-14H2,1-4H3. The van der Waals surface area contributed by atoms with Gasteiger partial charge in [-0.2, -0.15) is 5.10 Å². The summed E-state index contributed by atoms with van der Waals surface area (Å²) in [4.78, 5) is 15.2. The number of anilines is 1. The highest BCUT2D eigenvalue weighted by molar-refractivity contribution is 5.99. The van der Waals surface area contributed by atoms with Gasteiger partial charge in [0.05, 0.1) is 17.8 Å². The summed E-state index contributed by atoms with van der Waals surface area (Å²) in [5.74, 6) is 0.957. The number of piperidine rings is 1. The first kappa shape index (κ1) is 18.1. The van der Waals surface area contributed by atoms with Crippen molar-refractivity contribution in [3.63, 3.8) is 0 Å². The normalized spacial score (nSPS) is 23.4. The highest BCUT2D eigenvalue weighted by Gasteiger charge is 2.38. The molecule has 2 aromatic rings. The summed E-state index contributed by atoms with van der Waals surface area (Å²) in [6, 6.07) is 10.6. The largest absolute Gasteiger partial charge is 0.363 e. The van der Waals surface area contributed by atoms with Crippen LogP contribution >= 0.6 is 0 Å². The second-order valence-corrected chi connectivity index (χ2v) is 9.40. The molecule has 0 saturated carbocycles. The van der Waals surface area contributed by atoms with Gasteiger partial charge in [0.25, 0.3) is 5.91 Å². The van der Waals surface area contributed by atoms with Crippen LogP contribution in [0, 0.1) is 5.41 Å². The molecule has 1 atom stereocenters. The van der Waals surface area contributed by atoms with Gasteiger partial charge in [0.15, 0.2) is 0 Å². The Hall–Kier alpha value is -2.30. The average molecular weight is 367 g/mol. The van der Waals surface area contributed by atoms with E-state index >= 15 is 0 Å². The lowest BCUT2D eigenvalue weighted by Gasteiger charge is -2.39. The van der Waals surface area contributed by atoms with E-state index in [0.717, 1.165) is 38.2 Å². The number of carbonyl (C=O) groups is 1. The number of fused-ring (bicyclic) bond motifs is 1. The Morgan fingerprint density at radius 1 is 1.11 bits per heavy atom.